The van der Waals surface area contributed by atoms with E-state index in [-0.39, 0.29) is 11.2 Å². The fourth-order valence-corrected chi connectivity index (χ4v) is 2.32. The molecule has 2 aromatic heterocycles. The van der Waals surface area contributed by atoms with E-state index in [0.29, 0.717) is 5.39 Å². The molecule has 0 aromatic carbocycles. The molecular weight excluding hydrogens is 270 g/mol. The van der Waals surface area contributed by atoms with Crippen molar-refractivity contribution in [2.75, 3.05) is 0 Å². The third-order valence-corrected chi connectivity index (χ3v) is 4.28. The van der Waals surface area contributed by atoms with E-state index in [4.69, 9.17) is 9.31 Å². The number of rotatable bonds is 2. The predicted octanol–water partition coefficient (Wildman–Crippen LogP) is 3.35. The number of aromatic amines is 1. The van der Waals surface area contributed by atoms with Gasteiger partial charge in [-0.3, -0.25) is 0 Å². The quantitative estimate of drug-likeness (QED) is 0.681. The van der Waals surface area contributed by atoms with Crippen molar-refractivity contribution < 1.29 is 13.7 Å². The lowest BCUT2D eigenvalue weighted by molar-refractivity contribution is 0.00578. The molecule has 0 radical (unpaired) electrons. The fraction of sp³-hybridized carbons (Fsp3) is 0.400. The van der Waals surface area contributed by atoms with Crippen molar-refractivity contribution in [1.29, 1.82) is 0 Å². The highest BCUT2D eigenvalue weighted by molar-refractivity contribution is 6.52. The summed E-state index contributed by atoms with van der Waals surface area (Å²) in [6, 6.07) is 1.67. The molecule has 2 aromatic rings. The van der Waals surface area contributed by atoms with Crippen LogP contribution in [-0.2, 0) is 9.31 Å². The number of nitrogens with one attached hydrogen (secondary N) is 1. The van der Waals surface area contributed by atoms with Crippen LogP contribution < -0.4 is 0 Å². The van der Waals surface area contributed by atoms with E-state index in [1.165, 1.54) is 6.20 Å². The van der Waals surface area contributed by atoms with Gasteiger partial charge in [0.2, 0.25) is 5.95 Å². The molecule has 3 heterocycles. The maximum Gasteiger partial charge on any atom is 0.487 e. The highest BCUT2D eigenvalue weighted by atomic mass is 19.1. The van der Waals surface area contributed by atoms with Crippen LogP contribution in [-0.4, -0.2) is 28.3 Å². The normalized spacial score (nSPS) is 20.7. The third-order valence-electron chi connectivity index (χ3n) is 4.28. The number of aromatic nitrogens is 2. The maximum absolute atomic E-state index is 13.5. The van der Waals surface area contributed by atoms with E-state index in [1.54, 1.807) is 12.3 Å². The lowest BCUT2D eigenvalue weighted by atomic mass is 9.89. The lowest BCUT2D eigenvalue weighted by Gasteiger charge is -2.32. The van der Waals surface area contributed by atoms with Crippen LogP contribution in [0.1, 0.15) is 33.3 Å². The van der Waals surface area contributed by atoms with E-state index < -0.39 is 13.1 Å². The Kier molecular flexibility index (Phi) is 3.18. The highest BCUT2D eigenvalue weighted by Crippen LogP contribution is 2.37. The first-order valence-corrected chi connectivity index (χ1v) is 6.96. The summed E-state index contributed by atoms with van der Waals surface area (Å²) in [6.07, 6.45) is 5.03. The Labute approximate surface area is 123 Å². The zero-order valence-corrected chi connectivity index (χ0v) is 12.6. The molecule has 3 rings (SSSR count). The summed E-state index contributed by atoms with van der Waals surface area (Å²) in [5, 5.41) is 0.478. The molecule has 0 aliphatic carbocycles. The van der Waals surface area contributed by atoms with Crippen molar-refractivity contribution in [2.45, 2.75) is 38.9 Å². The Morgan fingerprint density at radius 3 is 2.57 bits per heavy atom. The summed E-state index contributed by atoms with van der Waals surface area (Å²) in [6.45, 7) is 8.01. The van der Waals surface area contributed by atoms with Crippen LogP contribution in [0.25, 0.3) is 17.0 Å². The zero-order chi connectivity index (χ0) is 15.3. The van der Waals surface area contributed by atoms with Gasteiger partial charge in [-0.2, -0.15) is 4.39 Å². The van der Waals surface area contributed by atoms with E-state index in [0.717, 1.165) is 11.1 Å². The summed E-state index contributed by atoms with van der Waals surface area (Å²) in [4.78, 5) is 6.79. The molecule has 1 fully saturated rings. The van der Waals surface area contributed by atoms with Crippen molar-refractivity contribution in [3.8, 4) is 0 Å². The van der Waals surface area contributed by atoms with Gasteiger partial charge in [0.05, 0.1) is 22.1 Å². The second kappa shape index (κ2) is 4.68. The molecule has 0 amide bonds. The largest absolute Gasteiger partial charge is 0.487 e. The van der Waals surface area contributed by atoms with Crippen LogP contribution >= 0.6 is 0 Å². The van der Waals surface area contributed by atoms with Crippen LogP contribution in [0.15, 0.2) is 24.4 Å². The van der Waals surface area contributed by atoms with Crippen LogP contribution in [0.2, 0.25) is 0 Å². The Hall–Kier alpha value is -1.66. The average Bonchev–Trinajstić information content (AvgIpc) is 2.93. The van der Waals surface area contributed by atoms with Crippen LogP contribution in [0.5, 0.6) is 0 Å². The zero-order valence-electron chi connectivity index (χ0n) is 12.6. The van der Waals surface area contributed by atoms with E-state index in [2.05, 4.69) is 9.97 Å². The van der Waals surface area contributed by atoms with E-state index >= 15 is 0 Å². The minimum absolute atomic E-state index is 0.370. The number of hydrogen-bond donors (Lipinski definition) is 1. The molecule has 0 bridgehead atoms. The van der Waals surface area contributed by atoms with E-state index in [1.807, 2.05) is 39.7 Å². The van der Waals surface area contributed by atoms with Gasteiger partial charge >= 0.3 is 7.12 Å². The Morgan fingerprint density at radius 1 is 1.24 bits per heavy atom. The molecule has 0 atom stereocenters. The van der Waals surface area contributed by atoms with Crippen molar-refractivity contribution in [3.63, 3.8) is 0 Å². The molecular formula is C15H18BFN2O2. The summed E-state index contributed by atoms with van der Waals surface area (Å²) >= 11 is 0. The molecule has 4 nitrogen and oxygen atoms in total. The predicted molar refractivity (Wildman–Crippen MR) is 81.2 cm³/mol. The van der Waals surface area contributed by atoms with Gasteiger partial charge in [-0.1, -0.05) is 12.1 Å². The molecule has 0 unspecified atom stereocenters. The van der Waals surface area contributed by atoms with Gasteiger partial charge in [-0.05, 0) is 33.8 Å². The van der Waals surface area contributed by atoms with Gasteiger partial charge in [0.15, 0.2) is 0 Å². The van der Waals surface area contributed by atoms with E-state index in [9.17, 15) is 4.39 Å². The van der Waals surface area contributed by atoms with Crippen molar-refractivity contribution in [1.82, 2.24) is 9.97 Å². The Bertz CT molecular complexity index is 693. The highest BCUT2D eigenvalue weighted by Gasteiger charge is 2.49. The molecule has 1 aliphatic heterocycles. The second-order valence-corrected chi connectivity index (χ2v) is 6.25. The minimum atomic E-state index is -0.473. The topological polar surface area (TPSA) is 47.1 Å². The van der Waals surface area contributed by atoms with Gasteiger partial charge in [-0.25, -0.2) is 4.98 Å². The van der Waals surface area contributed by atoms with Crippen molar-refractivity contribution >= 4 is 24.1 Å². The SMILES string of the molecule is CC1(C)OB(/C=C/c2cnc(F)c3cc[nH]c23)OC1(C)C. The standard InChI is InChI=1S/C15H18BFN2O2/c1-14(2)15(3,4)21-16(20-14)7-5-10-9-19-13(17)11-6-8-18-12(10)11/h5-9,18H,1-4H3/b7-5+. The maximum atomic E-state index is 13.5. The molecule has 1 N–H and O–H groups in total. The van der Waals surface area contributed by atoms with Crippen LogP contribution in [0.4, 0.5) is 4.39 Å². The molecule has 6 heteroatoms. The second-order valence-electron chi connectivity index (χ2n) is 6.25. The number of nitrogens with zero attached hydrogens (tertiary/aromatic N) is 1. The first-order chi connectivity index (χ1) is 9.80. The number of fused-ring (bicyclic) bond motifs is 1. The van der Waals surface area contributed by atoms with Gasteiger partial charge in [-0.15, -0.1) is 0 Å². The van der Waals surface area contributed by atoms with Crippen molar-refractivity contribution in [2.24, 2.45) is 0 Å². The molecule has 1 saturated heterocycles. The third kappa shape index (κ3) is 2.38. The van der Waals surface area contributed by atoms with Crippen molar-refractivity contribution in [3.05, 3.63) is 35.9 Å². The van der Waals surface area contributed by atoms with Gasteiger partial charge in [0.25, 0.3) is 0 Å². The Morgan fingerprint density at radius 2 is 1.90 bits per heavy atom. The first-order valence-electron chi connectivity index (χ1n) is 6.96. The number of hydrogen-bond acceptors (Lipinski definition) is 3. The molecule has 110 valence electrons. The van der Waals surface area contributed by atoms with Gasteiger partial charge in [0, 0.05) is 18.0 Å². The summed E-state index contributed by atoms with van der Waals surface area (Å²) < 4.78 is 25.3. The summed E-state index contributed by atoms with van der Waals surface area (Å²) in [5.41, 5.74) is 0.775. The molecule has 0 spiro atoms. The van der Waals surface area contributed by atoms with Crippen LogP contribution in [0.3, 0.4) is 0 Å². The van der Waals surface area contributed by atoms with Gasteiger partial charge < -0.3 is 14.3 Å². The Balaban J connectivity index is 1.87. The smallest absolute Gasteiger partial charge is 0.400 e. The average molecular weight is 288 g/mol. The number of H-pyrrole nitrogens is 1. The summed E-state index contributed by atoms with van der Waals surface area (Å²) in [5.74, 6) is 1.35. The first kappa shape index (κ1) is 14.3. The monoisotopic (exact) mass is 288 g/mol. The van der Waals surface area contributed by atoms with Crippen LogP contribution in [0, 0.1) is 5.95 Å². The minimum Gasteiger partial charge on any atom is -0.400 e. The fourth-order valence-electron chi connectivity index (χ4n) is 2.32. The van der Waals surface area contributed by atoms with Gasteiger partial charge in [0.1, 0.15) is 0 Å². The molecule has 21 heavy (non-hydrogen) atoms. The molecule has 1 aliphatic rings. The number of pyridine rings is 1. The number of halogens is 1. The summed E-state index contributed by atoms with van der Waals surface area (Å²) in [7, 11) is -0.426. The molecule has 0 saturated carbocycles. The lowest BCUT2D eigenvalue weighted by Crippen LogP contribution is -2.41.